The molecule has 3 heteroatoms. The number of halogens is 1. The lowest BCUT2D eigenvalue weighted by Crippen LogP contribution is -2.00. The highest BCUT2D eigenvalue weighted by molar-refractivity contribution is 6.31. The second-order valence-electron chi connectivity index (χ2n) is 3.70. The number of benzene rings is 2. The molecule has 0 aliphatic rings. The second kappa shape index (κ2) is 5.21. The van der Waals surface area contributed by atoms with E-state index in [0.717, 1.165) is 5.56 Å². The number of aliphatic hydroxyl groups is 1. The van der Waals surface area contributed by atoms with Crippen LogP contribution in [0.4, 0.5) is 0 Å². The van der Waals surface area contributed by atoms with Gasteiger partial charge in [0.15, 0.2) is 0 Å². The van der Waals surface area contributed by atoms with Crippen LogP contribution in [0.3, 0.4) is 0 Å². The fourth-order valence-electron chi connectivity index (χ4n) is 1.69. The molecule has 0 saturated heterocycles. The van der Waals surface area contributed by atoms with Crippen LogP contribution in [-0.4, -0.2) is 12.2 Å². The molecule has 0 bridgehead atoms. The van der Waals surface area contributed by atoms with E-state index >= 15 is 0 Å². The summed E-state index contributed by atoms with van der Waals surface area (Å²) in [7, 11) is 1.60. The zero-order valence-corrected chi connectivity index (χ0v) is 10.2. The average molecular weight is 249 g/mol. The van der Waals surface area contributed by atoms with Gasteiger partial charge in [-0.15, -0.1) is 0 Å². The Kier molecular flexibility index (Phi) is 3.67. The van der Waals surface area contributed by atoms with Crippen molar-refractivity contribution in [1.82, 2.24) is 0 Å². The Morgan fingerprint density at radius 3 is 2.59 bits per heavy atom. The predicted octanol–water partition coefficient (Wildman–Crippen LogP) is 3.43. The van der Waals surface area contributed by atoms with Crippen molar-refractivity contribution < 1.29 is 9.84 Å². The molecule has 0 aliphatic heterocycles. The summed E-state index contributed by atoms with van der Waals surface area (Å²) in [6, 6.07) is 14.6. The third kappa shape index (κ3) is 2.60. The van der Waals surface area contributed by atoms with Crippen molar-refractivity contribution in [3.8, 4) is 5.75 Å². The second-order valence-corrected chi connectivity index (χ2v) is 4.11. The lowest BCUT2D eigenvalue weighted by atomic mass is 10.0. The van der Waals surface area contributed by atoms with Crippen LogP contribution in [0.2, 0.25) is 5.02 Å². The summed E-state index contributed by atoms with van der Waals surface area (Å²) in [5, 5.41) is 10.8. The maximum Gasteiger partial charge on any atom is 0.119 e. The Balaban J connectivity index is 2.37. The van der Waals surface area contributed by atoms with Gasteiger partial charge >= 0.3 is 0 Å². The van der Waals surface area contributed by atoms with Crippen LogP contribution in [0.15, 0.2) is 48.5 Å². The molecule has 2 rings (SSSR count). The Bertz CT molecular complexity index is 511. The Labute approximate surface area is 105 Å². The number of hydrogen-bond donors (Lipinski definition) is 1. The minimum absolute atomic E-state index is 0.558. The molecule has 0 aromatic heterocycles. The van der Waals surface area contributed by atoms with Gasteiger partial charge in [0, 0.05) is 10.6 Å². The standard InChI is InChI=1S/C14H13ClO2/c1-17-11-6-4-5-10(9-11)14(16)12-7-2-3-8-13(12)15/h2-9,14,16H,1H3/t14-/m1/s1. The molecule has 0 aliphatic carbocycles. The molecule has 2 aromatic rings. The molecule has 88 valence electrons. The van der Waals surface area contributed by atoms with Gasteiger partial charge in [0.1, 0.15) is 11.9 Å². The van der Waals surface area contributed by atoms with Crippen LogP contribution in [0, 0.1) is 0 Å². The highest BCUT2D eigenvalue weighted by Gasteiger charge is 2.13. The number of hydrogen-bond acceptors (Lipinski definition) is 2. The maximum absolute atomic E-state index is 10.3. The zero-order chi connectivity index (χ0) is 12.3. The van der Waals surface area contributed by atoms with Crippen molar-refractivity contribution in [2.75, 3.05) is 7.11 Å². The van der Waals surface area contributed by atoms with E-state index in [-0.39, 0.29) is 0 Å². The van der Waals surface area contributed by atoms with Crippen molar-refractivity contribution in [3.05, 3.63) is 64.7 Å². The van der Waals surface area contributed by atoms with Crippen molar-refractivity contribution in [3.63, 3.8) is 0 Å². The number of rotatable bonds is 3. The summed E-state index contributed by atoms with van der Waals surface area (Å²) < 4.78 is 5.13. The first-order valence-corrected chi connectivity index (χ1v) is 5.66. The highest BCUT2D eigenvalue weighted by atomic mass is 35.5. The first kappa shape index (κ1) is 12.0. The fourth-order valence-corrected chi connectivity index (χ4v) is 1.93. The maximum atomic E-state index is 10.3. The first-order valence-electron chi connectivity index (χ1n) is 5.29. The number of methoxy groups -OCH3 is 1. The van der Waals surface area contributed by atoms with Crippen molar-refractivity contribution in [2.24, 2.45) is 0 Å². The summed E-state index contributed by atoms with van der Waals surface area (Å²) >= 11 is 6.05. The monoisotopic (exact) mass is 248 g/mol. The van der Waals surface area contributed by atoms with Gasteiger partial charge in [0.2, 0.25) is 0 Å². The minimum Gasteiger partial charge on any atom is -0.497 e. The van der Waals surface area contributed by atoms with Gasteiger partial charge in [0.05, 0.1) is 7.11 Å². The lowest BCUT2D eigenvalue weighted by molar-refractivity contribution is 0.220. The van der Waals surface area contributed by atoms with Gasteiger partial charge in [-0.25, -0.2) is 0 Å². The van der Waals surface area contributed by atoms with Gasteiger partial charge in [-0.1, -0.05) is 41.9 Å². The quantitative estimate of drug-likeness (QED) is 0.902. The average Bonchev–Trinajstić information content (AvgIpc) is 2.38. The van der Waals surface area contributed by atoms with Crippen molar-refractivity contribution >= 4 is 11.6 Å². The molecule has 0 spiro atoms. The van der Waals surface area contributed by atoms with Crippen LogP contribution >= 0.6 is 11.6 Å². The zero-order valence-electron chi connectivity index (χ0n) is 9.43. The molecule has 0 heterocycles. The summed E-state index contributed by atoms with van der Waals surface area (Å²) in [5.41, 5.74) is 1.46. The number of ether oxygens (including phenoxy) is 1. The van der Waals surface area contributed by atoms with Gasteiger partial charge in [-0.05, 0) is 23.8 Å². The molecule has 1 N–H and O–H groups in total. The highest BCUT2D eigenvalue weighted by Crippen LogP contribution is 2.29. The molecule has 17 heavy (non-hydrogen) atoms. The Hall–Kier alpha value is -1.51. The molecule has 1 atom stereocenters. The van der Waals surface area contributed by atoms with Crippen molar-refractivity contribution in [1.29, 1.82) is 0 Å². The predicted molar refractivity (Wildman–Crippen MR) is 68.5 cm³/mol. The molecule has 0 amide bonds. The normalized spacial score (nSPS) is 12.2. The first-order chi connectivity index (χ1) is 8.22. The van der Waals surface area contributed by atoms with E-state index in [1.807, 2.05) is 36.4 Å². The summed E-state index contributed by atoms with van der Waals surface area (Å²) in [6.07, 6.45) is -0.737. The van der Waals surface area contributed by atoms with Crippen LogP contribution < -0.4 is 4.74 Å². The van der Waals surface area contributed by atoms with Gasteiger partial charge in [-0.2, -0.15) is 0 Å². The molecule has 2 aromatic carbocycles. The fraction of sp³-hybridized carbons (Fsp3) is 0.143. The molecule has 0 fully saturated rings. The molecular weight excluding hydrogens is 236 g/mol. The molecule has 2 nitrogen and oxygen atoms in total. The topological polar surface area (TPSA) is 29.5 Å². The van der Waals surface area contributed by atoms with Crippen molar-refractivity contribution in [2.45, 2.75) is 6.10 Å². The number of aliphatic hydroxyl groups excluding tert-OH is 1. The van der Waals surface area contributed by atoms with E-state index in [1.54, 1.807) is 19.2 Å². The van der Waals surface area contributed by atoms with Crippen LogP contribution in [-0.2, 0) is 0 Å². The van der Waals surface area contributed by atoms with Gasteiger partial charge in [-0.3, -0.25) is 0 Å². The van der Waals surface area contributed by atoms with Gasteiger partial charge in [0.25, 0.3) is 0 Å². The van der Waals surface area contributed by atoms with E-state index in [2.05, 4.69) is 0 Å². The van der Waals surface area contributed by atoms with Gasteiger partial charge < -0.3 is 9.84 Å². The van der Waals surface area contributed by atoms with Crippen LogP contribution in [0.25, 0.3) is 0 Å². The molecular formula is C14H13ClO2. The van der Waals surface area contributed by atoms with E-state index in [1.165, 1.54) is 0 Å². The van der Waals surface area contributed by atoms with Crippen LogP contribution in [0.5, 0.6) is 5.75 Å². The van der Waals surface area contributed by atoms with E-state index in [0.29, 0.717) is 16.3 Å². The Morgan fingerprint density at radius 2 is 1.88 bits per heavy atom. The van der Waals surface area contributed by atoms with E-state index in [9.17, 15) is 5.11 Å². The van der Waals surface area contributed by atoms with E-state index in [4.69, 9.17) is 16.3 Å². The third-order valence-electron chi connectivity index (χ3n) is 2.61. The molecule has 0 radical (unpaired) electrons. The smallest absolute Gasteiger partial charge is 0.119 e. The summed E-state index contributed by atoms with van der Waals surface area (Å²) in [5.74, 6) is 0.716. The molecule has 0 saturated carbocycles. The van der Waals surface area contributed by atoms with E-state index < -0.39 is 6.10 Å². The summed E-state index contributed by atoms with van der Waals surface area (Å²) in [6.45, 7) is 0. The SMILES string of the molecule is COc1cccc([C@@H](O)c2ccccc2Cl)c1. The lowest BCUT2D eigenvalue weighted by Gasteiger charge is -2.13. The van der Waals surface area contributed by atoms with Crippen LogP contribution in [0.1, 0.15) is 17.2 Å². The molecule has 0 unspecified atom stereocenters. The minimum atomic E-state index is -0.737. The third-order valence-corrected chi connectivity index (χ3v) is 2.95. The summed E-state index contributed by atoms with van der Waals surface area (Å²) in [4.78, 5) is 0. The largest absolute Gasteiger partial charge is 0.497 e. The Morgan fingerprint density at radius 1 is 1.12 bits per heavy atom.